The van der Waals surface area contributed by atoms with Crippen LogP contribution in [0.5, 0.6) is 0 Å². The van der Waals surface area contributed by atoms with Gasteiger partial charge in [0.15, 0.2) is 0 Å². The Morgan fingerprint density at radius 3 is 2.52 bits per heavy atom. The summed E-state index contributed by atoms with van der Waals surface area (Å²) in [6, 6.07) is 23.3. The molecule has 1 aliphatic heterocycles. The van der Waals surface area contributed by atoms with Gasteiger partial charge in [0.25, 0.3) is 0 Å². The molecular formula is C20H15N. The van der Waals surface area contributed by atoms with E-state index >= 15 is 0 Å². The van der Waals surface area contributed by atoms with Gasteiger partial charge in [0.05, 0.1) is 11.4 Å². The van der Waals surface area contributed by atoms with Crippen LogP contribution in [0.2, 0.25) is 0 Å². The molecule has 0 atom stereocenters. The van der Waals surface area contributed by atoms with Crippen molar-refractivity contribution in [1.82, 2.24) is 0 Å². The predicted octanol–water partition coefficient (Wildman–Crippen LogP) is 5.07. The van der Waals surface area contributed by atoms with E-state index < -0.39 is 0 Å². The SMILES string of the molecule is C1=CC(c2ccc3ccccc3c2)=Nc2ccccc2C1. The van der Waals surface area contributed by atoms with Crippen molar-refractivity contribution in [2.75, 3.05) is 0 Å². The van der Waals surface area contributed by atoms with Gasteiger partial charge in [0.1, 0.15) is 0 Å². The van der Waals surface area contributed by atoms with Crippen LogP contribution in [0.15, 0.2) is 83.9 Å². The Hall–Kier alpha value is -2.67. The quantitative estimate of drug-likeness (QED) is 0.584. The molecule has 1 aliphatic rings. The second kappa shape index (κ2) is 5.02. The van der Waals surface area contributed by atoms with Gasteiger partial charge in [-0.3, -0.25) is 0 Å². The van der Waals surface area contributed by atoms with E-state index in [0.717, 1.165) is 17.8 Å². The zero-order valence-corrected chi connectivity index (χ0v) is 11.7. The fraction of sp³-hybridized carbons (Fsp3) is 0.0500. The van der Waals surface area contributed by atoms with Crippen LogP contribution in [0.1, 0.15) is 11.1 Å². The first-order valence-corrected chi connectivity index (χ1v) is 7.22. The molecule has 0 spiro atoms. The minimum absolute atomic E-state index is 0.941. The van der Waals surface area contributed by atoms with Gasteiger partial charge in [0.2, 0.25) is 0 Å². The maximum absolute atomic E-state index is 4.85. The zero-order chi connectivity index (χ0) is 14.1. The summed E-state index contributed by atoms with van der Waals surface area (Å²) in [5.41, 5.74) is 4.56. The summed E-state index contributed by atoms with van der Waals surface area (Å²) in [4.78, 5) is 4.85. The van der Waals surface area contributed by atoms with Gasteiger partial charge in [-0.25, -0.2) is 4.99 Å². The number of para-hydroxylation sites is 1. The second-order valence-electron chi connectivity index (χ2n) is 5.29. The molecule has 0 fully saturated rings. The van der Waals surface area contributed by atoms with Gasteiger partial charge in [-0.05, 0) is 41.0 Å². The number of hydrogen-bond acceptors (Lipinski definition) is 1. The van der Waals surface area contributed by atoms with E-state index in [1.165, 1.54) is 21.9 Å². The standard InChI is InChI=1S/C20H15N/c1-2-8-17-14-18(13-12-15(17)6-1)20-11-5-9-16-7-3-4-10-19(16)21-20/h1-8,10-14H,9H2. The van der Waals surface area contributed by atoms with Crippen molar-refractivity contribution in [2.24, 2.45) is 4.99 Å². The van der Waals surface area contributed by atoms with Crippen LogP contribution in [-0.2, 0) is 6.42 Å². The van der Waals surface area contributed by atoms with E-state index in [9.17, 15) is 0 Å². The number of rotatable bonds is 1. The van der Waals surface area contributed by atoms with Gasteiger partial charge in [-0.2, -0.15) is 0 Å². The Bertz CT molecular complexity index is 872. The highest BCUT2D eigenvalue weighted by Gasteiger charge is 2.07. The van der Waals surface area contributed by atoms with Crippen LogP contribution in [0.4, 0.5) is 5.69 Å². The van der Waals surface area contributed by atoms with Gasteiger partial charge in [-0.15, -0.1) is 0 Å². The average Bonchev–Trinajstić information content (AvgIpc) is 2.76. The molecule has 1 heterocycles. The third kappa shape index (κ3) is 2.27. The lowest BCUT2D eigenvalue weighted by atomic mass is 10.0. The molecule has 0 aromatic heterocycles. The number of allylic oxidation sites excluding steroid dienone is 2. The fourth-order valence-corrected chi connectivity index (χ4v) is 2.77. The molecule has 0 bridgehead atoms. The van der Waals surface area contributed by atoms with Crippen molar-refractivity contribution in [3.05, 3.63) is 90.0 Å². The van der Waals surface area contributed by atoms with Crippen LogP contribution in [0, 0.1) is 0 Å². The number of aliphatic imine (C=N–C) groups is 1. The first kappa shape index (κ1) is 12.1. The Balaban J connectivity index is 1.86. The molecule has 0 aliphatic carbocycles. The van der Waals surface area contributed by atoms with Crippen LogP contribution < -0.4 is 0 Å². The van der Waals surface area contributed by atoms with Crippen LogP contribution in [-0.4, -0.2) is 5.71 Å². The van der Waals surface area contributed by atoms with E-state index in [4.69, 9.17) is 4.99 Å². The molecule has 3 aromatic carbocycles. The monoisotopic (exact) mass is 269 g/mol. The van der Waals surface area contributed by atoms with Crippen molar-refractivity contribution in [3.8, 4) is 0 Å². The Labute approximate surface area is 124 Å². The smallest absolute Gasteiger partial charge is 0.0706 e. The lowest BCUT2D eigenvalue weighted by Crippen LogP contribution is -1.95. The fourth-order valence-electron chi connectivity index (χ4n) is 2.77. The van der Waals surface area contributed by atoms with E-state index in [2.05, 4.69) is 72.8 Å². The molecular weight excluding hydrogens is 254 g/mol. The Morgan fingerprint density at radius 1 is 0.762 bits per heavy atom. The van der Waals surface area contributed by atoms with E-state index in [1.807, 2.05) is 6.07 Å². The molecule has 0 radical (unpaired) electrons. The molecule has 0 amide bonds. The van der Waals surface area contributed by atoms with Crippen LogP contribution in [0.25, 0.3) is 10.8 Å². The first-order valence-electron chi connectivity index (χ1n) is 7.22. The van der Waals surface area contributed by atoms with Gasteiger partial charge >= 0.3 is 0 Å². The number of nitrogens with zero attached hydrogens (tertiary/aromatic N) is 1. The van der Waals surface area contributed by atoms with Gasteiger partial charge < -0.3 is 0 Å². The molecule has 0 N–H and O–H groups in total. The molecule has 21 heavy (non-hydrogen) atoms. The topological polar surface area (TPSA) is 12.4 Å². The maximum atomic E-state index is 4.85. The summed E-state index contributed by atoms with van der Waals surface area (Å²) >= 11 is 0. The molecule has 0 saturated heterocycles. The third-order valence-corrected chi connectivity index (χ3v) is 3.89. The van der Waals surface area contributed by atoms with E-state index in [-0.39, 0.29) is 0 Å². The van der Waals surface area contributed by atoms with Crippen LogP contribution in [0.3, 0.4) is 0 Å². The molecule has 100 valence electrons. The maximum Gasteiger partial charge on any atom is 0.0706 e. The lowest BCUT2D eigenvalue weighted by Gasteiger charge is -2.05. The Kier molecular flexibility index (Phi) is 2.89. The van der Waals surface area contributed by atoms with Crippen molar-refractivity contribution in [3.63, 3.8) is 0 Å². The highest BCUT2D eigenvalue weighted by Crippen LogP contribution is 2.25. The predicted molar refractivity (Wildman–Crippen MR) is 89.4 cm³/mol. The van der Waals surface area contributed by atoms with Crippen LogP contribution >= 0.6 is 0 Å². The summed E-state index contributed by atoms with van der Waals surface area (Å²) in [5, 5.41) is 2.52. The second-order valence-corrected chi connectivity index (χ2v) is 5.29. The van der Waals surface area contributed by atoms with Crippen molar-refractivity contribution in [2.45, 2.75) is 6.42 Å². The summed E-state index contributed by atoms with van der Waals surface area (Å²) in [7, 11) is 0. The minimum atomic E-state index is 0.941. The normalized spacial score (nSPS) is 13.6. The molecule has 1 heteroatoms. The molecule has 3 aromatic rings. The average molecular weight is 269 g/mol. The molecule has 0 unspecified atom stereocenters. The van der Waals surface area contributed by atoms with Crippen molar-refractivity contribution >= 4 is 22.2 Å². The highest BCUT2D eigenvalue weighted by molar-refractivity contribution is 6.11. The molecule has 1 nitrogen and oxygen atoms in total. The highest BCUT2D eigenvalue weighted by atomic mass is 14.8. The van der Waals surface area contributed by atoms with Crippen molar-refractivity contribution < 1.29 is 0 Å². The summed E-state index contributed by atoms with van der Waals surface area (Å²) < 4.78 is 0. The molecule has 4 rings (SSSR count). The number of hydrogen-bond donors (Lipinski definition) is 0. The van der Waals surface area contributed by atoms with Crippen molar-refractivity contribution in [1.29, 1.82) is 0 Å². The summed E-state index contributed by atoms with van der Waals surface area (Å²) in [6.07, 6.45) is 5.26. The molecule has 0 saturated carbocycles. The summed E-state index contributed by atoms with van der Waals surface area (Å²) in [5.74, 6) is 0. The first-order chi connectivity index (χ1) is 10.4. The van der Waals surface area contributed by atoms with E-state index in [1.54, 1.807) is 0 Å². The van der Waals surface area contributed by atoms with Gasteiger partial charge in [0, 0.05) is 5.56 Å². The Morgan fingerprint density at radius 2 is 1.57 bits per heavy atom. The van der Waals surface area contributed by atoms with E-state index in [0.29, 0.717) is 0 Å². The summed E-state index contributed by atoms with van der Waals surface area (Å²) in [6.45, 7) is 0. The number of fused-ring (bicyclic) bond motifs is 2. The third-order valence-electron chi connectivity index (χ3n) is 3.89. The lowest BCUT2D eigenvalue weighted by molar-refractivity contribution is 1.27. The number of benzene rings is 3. The van der Waals surface area contributed by atoms with Gasteiger partial charge in [-0.1, -0.05) is 60.7 Å². The largest absolute Gasteiger partial charge is 0.248 e. The minimum Gasteiger partial charge on any atom is -0.248 e. The zero-order valence-electron chi connectivity index (χ0n) is 11.7.